The second-order valence-corrected chi connectivity index (χ2v) is 8.98. The summed E-state index contributed by atoms with van der Waals surface area (Å²) in [4.78, 5) is 36.8. The fourth-order valence-corrected chi connectivity index (χ4v) is 5.22. The van der Waals surface area contributed by atoms with Crippen molar-refractivity contribution >= 4 is 44.1 Å². The zero-order valence-corrected chi connectivity index (χ0v) is 20.5. The van der Waals surface area contributed by atoms with E-state index in [-0.39, 0.29) is 11.3 Å². The van der Waals surface area contributed by atoms with E-state index in [1.807, 2.05) is 32.0 Å². The summed E-state index contributed by atoms with van der Waals surface area (Å²) < 4.78 is 12.0. The van der Waals surface area contributed by atoms with Crippen molar-refractivity contribution in [1.82, 2.24) is 9.97 Å². The van der Waals surface area contributed by atoms with Crippen LogP contribution in [-0.4, -0.2) is 40.0 Å². The number of benzene rings is 2. The Morgan fingerprint density at radius 2 is 1.72 bits per heavy atom. The third kappa shape index (κ3) is 4.18. The van der Waals surface area contributed by atoms with E-state index >= 15 is 0 Å². The number of amides is 1. The minimum absolute atomic E-state index is 0.0193. The third-order valence-electron chi connectivity index (χ3n) is 5.75. The summed E-state index contributed by atoms with van der Waals surface area (Å²) in [5.41, 5.74) is 1.66. The van der Waals surface area contributed by atoms with Gasteiger partial charge in [-0.05, 0) is 61.9 Å². The van der Waals surface area contributed by atoms with Gasteiger partial charge < -0.3 is 14.6 Å². The molecule has 0 saturated carbocycles. The quantitative estimate of drug-likeness (QED) is 0.213. The molecule has 0 spiro atoms. The topological polar surface area (TPSA) is 102 Å². The number of fused-ring (bicyclic) bond motifs is 1. The van der Waals surface area contributed by atoms with Crippen LogP contribution in [0.3, 0.4) is 0 Å². The SMILES string of the molecule is CCOc1cccc(/C(O)=C2\C(=O)C(=O)N(c3nc4ccc(OCC)cc4s3)C2c2ccncc2)c1. The summed E-state index contributed by atoms with van der Waals surface area (Å²) in [5, 5.41) is 11.7. The normalized spacial score (nSPS) is 17.1. The van der Waals surface area contributed by atoms with E-state index < -0.39 is 17.7 Å². The Labute approximate surface area is 211 Å². The predicted molar refractivity (Wildman–Crippen MR) is 137 cm³/mol. The molecule has 1 aliphatic rings. The molecule has 1 fully saturated rings. The molecule has 0 radical (unpaired) electrons. The standard InChI is InChI=1S/C27H23N3O5S/c1-3-34-18-7-5-6-17(14-18)24(31)22-23(16-10-12-28-13-11-16)30(26(33)25(22)32)27-29-20-9-8-19(35-4-2)15-21(20)36-27/h5-15,23,31H,3-4H2,1-2H3/b24-22+. The van der Waals surface area contributed by atoms with Gasteiger partial charge in [-0.15, -0.1) is 0 Å². The molecule has 182 valence electrons. The van der Waals surface area contributed by atoms with Crippen LogP contribution in [0.2, 0.25) is 0 Å². The van der Waals surface area contributed by atoms with Gasteiger partial charge in [0.05, 0.1) is 35.0 Å². The maximum atomic E-state index is 13.4. The van der Waals surface area contributed by atoms with Crippen molar-refractivity contribution in [3.8, 4) is 11.5 Å². The number of ketones is 1. The van der Waals surface area contributed by atoms with E-state index in [0.717, 1.165) is 4.70 Å². The molecule has 2 aromatic heterocycles. The molecule has 1 saturated heterocycles. The summed E-state index contributed by atoms with van der Waals surface area (Å²) in [6.45, 7) is 4.74. The highest BCUT2D eigenvalue weighted by molar-refractivity contribution is 7.22. The van der Waals surface area contributed by atoms with Crippen LogP contribution < -0.4 is 14.4 Å². The highest BCUT2D eigenvalue weighted by atomic mass is 32.1. The van der Waals surface area contributed by atoms with Gasteiger partial charge in [0.2, 0.25) is 0 Å². The van der Waals surface area contributed by atoms with Crippen molar-refractivity contribution in [3.63, 3.8) is 0 Å². The Balaban J connectivity index is 1.67. The number of pyridine rings is 1. The Kier molecular flexibility index (Phi) is 6.39. The highest BCUT2D eigenvalue weighted by Gasteiger charge is 2.48. The van der Waals surface area contributed by atoms with Crippen LogP contribution in [0.25, 0.3) is 16.0 Å². The molecule has 0 bridgehead atoms. The summed E-state index contributed by atoms with van der Waals surface area (Å²) in [6.07, 6.45) is 3.16. The minimum atomic E-state index is -0.879. The number of anilines is 1. The van der Waals surface area contributed by atoms with E-state index in [1.165, 1.54) is 16.2 Å². The first-order valence-corrected chi connectivity index (χ1v) is 12.3. The van der Waals surface area contributed by atoms with E-state index in [1.54, 1.807) is 48.8 Å². The number of Topliss-reactive ketones (excluding diaryl/α,β-unsaturated/α-hetero) is 1. The molecular formula is C27H23N3O5S. The Bertz CT molecular complexity index is 1480. The maximum absolute atomic E-state index is 13.4. The number of aliphatic hydroxyl groups excluding tert-OH is 1. The lowest BCUT2D eigenvalue weighted by atomic mass is 9.96. The second kappa shape index (κ2) is 9.79. The zero-order valence-electron chi connectivity index (χ0n) is 19.7. The molecule has 5 rings (SSSR count). The van der Waals surface area contributed by atoms with Gasteiger partial charge in [-0.25, -0.2) is 4.98 Å². The number of nitrogens with zero attached hydrogens (tertiary/aromatic N) is 3. The molecule has 1 unspecified atom stereocenters. The van der Waals surface area contributed by atoms with Crippen molar-refractivity contribution in [2.24, 2.45) is 0 Å². The predicted octanol–water partition coefficient (Wildman–Crippen LogP) is 5.12. The van der Waals surface area contributed by atoms with Crippen LogP contribution in [-0.2, 0) is 9.59 Å². The van der Waals surface area contributed by atoms with Crippen molar-refractivity contribution < 1.29 is 24.2 Å². The Morgan fingerprint density at radius 3 is 2.44 bits per heavy atom. The largest absolute Gasteiger partial charge is 0.507 e. The summed E-state index contributed by atoms with van der Waals surface area (Å²) in [6, 6.07) is 14.8. The van der Waals surface area contributed by atoms with Gasteiger partial charge in [0.15, 0.2) is 5.13 Å². The van der Waals surface area contributed by atoms with Crippen LogP contribution in [0.4, 0.5) is 5.13 Å². The molecule has 4 aromatic rings. The molecule has 9 heteroatoms. The molecule has 1 amide bonds. The first-order valence-electron chi connectivity index (χ1n) is 11.5. The summed E-state index contributed by atoms with van der Waals surface area (Å²) >= 11 is 1.28. The first-order chi connectivity index (χ1) is 17.5. The van der Waals surface area contributed by atoms with Gasteiger partial charge >= 0.3 is 5.91 Å². The monoisotopic (exact) mass is 501 g/mol. The average molecular weight is 502 g/mol. The molecule has 8 nitrogen and oxygen atoms in total. The lowest BCUT2D eigenvalue weighted by Crippen LogP contribution is -2.29. The molecular weight excluding hydrogens is 478 g/mol. The van der Waals surface area contributed by atoms with Crippen LogP contribution in [0, 0.1) is 0 Å². The fraction of sp³-hybridized carbons (Fsp3) is 0.185. The van der Waals surface area contributed by atoms with E-state index in [9.17, 15) is 14.7 Å². The lowest BCUT2D eigenvalue weighted by Gasteiger charge is -2.22. The number of thiazole rings is 1. The van der Waals surface area contributed by atoms with E-state index in [2.05, 4.69) is 9.97 Å². The number of hydrogen-bond acceptors (Lipinski definition) is 8. The van der Waals surface area contributed by atoms with E-state index in [0.29, 0.717) is 46.5 Å². The van der Waals surface area contributed by atoms with Crippen LogP contribution in [0.15, 0.2) is 72.6 Å². The van der Waals surface area contributed by atoms with Crippen LogP contribution >= 0.6 is 11.3 Å². The number of aliphatic hydroxyl groups is 1. The van der Waals surface area contributed by atoms with Gasteiger partial charge in [-0.1, -0.05) is 23.5 Å². The summed E-state index contributed by atoms with van der Waals surface area (Å²) in [7, 11) is 0. The first kappa shape index (κ1) is 23.5. The van der Waals surface area contributed by atoms with Gasteiger partial charge in [-0.2, -0.15) is 0 Å². The minimum Gasteiger partial charge on any atom is -0.507 e. The second-order valence-electron chi connectivity index (χ2n) is 7.97. The number of aromatic nitrogens is 2. The third-order valence-corrected chi connectivity index (χ3v) is 6.77. The van der Waals surface area contributed by atoms with Crippen LogP contribution in [0.5, 0.6) is 11.5 Å². The lowest BCUT2D eigenvalue weighted by molar-refractivity contribution is -0.132. The molecule has 1 atom stereocenters. The molecule has 2 aromatic carbocycles. The fourth-order valence-electron chi connectivity index (χ4n) is 4.20. The van der Waals surface area contributed by atoms with Gasteiger partial charge in [0.25, 0.3) is 5.78 Å². The molecule has 3 heterocycles. The van der Waals surface area contributed by atoms with E-state index in [4.69, 9.17) is 9.47 Å². The molecule has 0 aliphatic carbocycles. The number of hydrogen-bond donors (Lipinski definition) is 1. The summed E-state index contributed by atoms with van der Waals surface area (Å²) in [5.74, 6) is -0.581. The zero-order chi connectivity index (χ0) is 25.2. The van der Waals surface area contributed by atoms with Gasteiger partial charge in [-0.3, -0.25) is 19.5 Å². The number of rotatable bonds is 7. The number of carbonyl (C=O) groups excluding carboxylic acids is 2. The number of ether oxygens (including phenoxy) is 2. The van der Waals surface area contributed by atoms with Crippen molar-refractivity contribution in [2.75, 3.05) is 18.1 Å². The highest BCUT2D eigenvalue weighted by Crippen LogP contribution is 2.44. The van der Waals surface area contributed by atoms with Crippen molar-refractivity contribution in [3.05, 3.63) is 83.7 Å². The van der Waals surface area contributed by atoms with Gasteiger partial charge in [0.1, 0.15) is 17.3 Å². The molecule has 36 heavy (non-hydrogen) atoms. The van der Waals surface area contributed by atoms with Crippen LogP contribution in [0.1, 0.15) is 31.0 Å². The Hall–Kier alpha value is -4.24. The number of carbonyl (C=O) groups is 2. The molecule has 1 N–H and O–H groups in total. The van der Waals surface area contributed by atoms with Gasteiger partial charge in [0, 0.05) is 18.0 Å². The van der Waals surface area contributed by atoms with Crippen molar-refractivity contribution in [1.29, 1.82) is 0 Å². The molecule has 1 aliphatic heterocycles. The average Bonchev–Trinajstić information content (AvgIpc) is 3.42. The Morgan fingerprint density at radius 1 is 1.00 bits per heavy atom. The van der Waals surface area contributed by atoms with Crippen molar-refractivity contribution in [2.45, 2.75) is 19.9 Å². The smallest absolute Gasteiger partial charge is 0.301 e. The maximum Gasteiger partial charge on any atom is 0.301 e.